The molecule has 1 aromatic rings. The molecule has 1 N–H and O–H groups in total. The van der Waals surface area contributed by atoms with Crippen molar-refractivity contribution in [2.45, 2.75) is 51.9 Å². The van der Waals surface area contributed by atoms with Gasteiger partial charge in [-0.2, -0.15) is 15.8 Å². The molecule has 7 nitrogen and oxygen atoms in total. The molecule has 160 valence electrons. The van der Waals surface area contributed by atoms with E-state index >= 15 is 0 Å². The number of hydrogen-bond donors (Lipinski definition) is 1. The molecular weight excluding hydrogens is 392 g/mol. The molecule has 4 rings (SSSR count). The molecule has 31 heavy (non-hydrogen) atoms. The maximum atomic E-state index is 10.5. The van der Waals surface area contributed by atoms with Gasteiger partial charge in [0.25, 0.3) is 0 Å². The van der Waals surface area contributed by atoms with Crippen LogP contribution in [-0.4, -0.2) is 18.8 Å². The van der Waals surface area contributed by atoms with Crippen molar-refractivity contribution in [3.8, 4) is 24.0 Å². The van der Waals surface area contributed by atoms with E-state index in [-0.39, 0.29) is 17.2 Å². The van der Waals surface area contributed by atoms with Crippen molar-refractivity contribution in [1.82, 2.24) is 0 Å². The van der Waals surface area contributed by atoms with Crippen LogP contribution in [0.2, 0.25) is 0 Å². The fourth-order valence-electron chi connectivity index (χ4n) is 5.70. The fraction of sp³-hybridized carbons (Fsp3) is 0.583. The Kier molecular flexibility index (Phi) is 4.58. The third kappa shape index (κ3) is 2.55. The molecule has 7 heteroatoms. The summed E-state index contributed by atoms with van der Waals surface area (Å²) in [5.74, 6) is -1.19. The Bertz CT molecular complexity index is 1030. The van der Waals surface area contributed by atoms with Gasteiger partial charge in [-0.15, -0.1) is 0 Å². The van der Waals surface area contributed by atoms with E-state index in [0.29, 0.717) is 24.2 Å². The van der Waals surface area contributed by atoms with Gasteiger partial charge in [-0.05, 0) is 41.9 Å². The second-order valence-electron chi connectivity index (χ2n) is 9.86. The number of nitrogens with one attached hydrogen (secondary N) is 1. The lowest BCUT2D eigenvalue weighted by Crippen LogP contribution is -2.61. The highest BCUT2D eigenvalue weighted by Gasteiger charge is 2.81. The van der Waals surface area contributed by atoms with Gasteiger partial charge in [-0.25, -0.2) is 0 Å². The minimum absolute atomic E-state index is 0.0192. The van der Waals surface area contributed by atoms with E-state index in [1.807, 2.05) is 0 Å². The Morgan fingerprint density at radius 1 is 1.10 bits per heavy atom. The molecule has 1 saturated carbocycles. The van der Waals surface area contributed by atoms with Crippen LogP contribution in [0.3, 0.4) is 0 Å². The Balaban J connectivity index is 1.91. The predicted molar refractivity (Wildman–Crippen MR) is 110 cm³/mol. The van der Waals surface area contributed by atoms with Crippen LogP contribution >= 0.6 is 0 Å². The second kappa shape index (κ2) is 6.71. The Morgan fingerprint density at radius 2 is 1.74 bits per heavy atom. The fourth-order valence-corrected chi connectivity index (χ4v) is 5.70. The minimum Gasteiger partial charge on any atom is -0.497 e. The molecule has 1 aromatic carbocycles. The molecule has 0 spiro atoms. The minimum atomic E-state index is -1.92. The lowest BCUT2D eigenvalue weighted by atomic mass is 9.49. The smallest absolute Gasteiger partial charge is 0.217 e. The van der Waals surface area contributed by atoms with Crippen LogP contribution in [0.15, 0.2) is 24.3 Å². The van der Waals surface area contributed by atoms with Gasteiger partial charge in [-0.3, -0.25) is 5.41 Å². The zero-order valence-corrected chi connectivity index (χ0v) is 18.2. The maximum Gasteiger partial charge on any atom is 0.217 e. The number of methoxy groups -OCH3 is 1. The van der Waals surface area contributed by atoms with E-state index in [4.69, 9.17) is 19.6 Å². The zero-order chi connectivity index (χ0) is 22.7. The average Bonchev–Trinajstić information content (AvgIpc) is 2.96. The van der Waals surface area contributed by atoms with Crippen LogP contribution in [0.25, 0.3) is 0 Å². The van der Waals surface area contributed by atoms with Gasteiger partial charge in [0, 0.05) is 6.42 Å². The van der Waals surface area contributed by atoms with Crippen molar-refractivity contribution in [3.63, 3.8) is 0 Å². The standard InChI is InChI=1S/C24H26N4O3/c1-21(2,3)16-9-10-24-18(11-16)23(14-27,20(28)31-24)22(12-25,13-26)19(30-24)15-5-7-17(29-4)8-6-15/h5-8,16,18-19,28H,9-11H2,1-4H3. The van der Waals surface area contributed by atoms with Gasteiger partial charge in [-0.1, -0.05) is 32.9 Å². The summed E-state index contributed by atoms with van der Waals surface area (Å²) in [4.78, 5) is 0. The summed E-state index contributed by atoms with van der Waals surface area (Å²) in [5.41, 5.74) is -3.06. The normalized spacial score (nSPS) is 35.6. The Hall–Kier alpha value is -3.08. The van der Waals surface area contributed by atoms with E-state index in [9.17, 15) is 15.8 Å². The van der Waals surface area contributed by atoms with Gasteiger partial charge < -0.3 is 14.2 Å². The highest BCUT2D eigenvalue weighted by Crippen LogP contribution is 2.70. The molecule has 3 aliphatic rings. The number of benzene rings is 1. The number of hydrogen-bond acceptors (Lipinski definition) is 7. The molecule has 2 bridgehead atoms. The maximum absolute atomic E-state index is 10.5. The summed E-state index contributed by atoms with van der Waals surface area (Å²) in [7, 11) is 1.55. The molecule has 2 heterocycles. The average molecular weight is 418 g/mol. The first-order valence-electron chi connectivity index (χ1n) is 10.5. The van der Waals surface area contributed by atoms with Gasteiger partial charge in [0.05, 0.1) is 31.2 Å². The second-order valence-corrected chi connectivity index (χ2v) is 9.86. The molecular formula is C24H26N4O3. The lowest BCUT2D eigenvalue weighted by molar-refractivity contribution is -0.301. The summed E-state index contributed by atoms with van der Waals surface area (Å²) >= 11 is 0. The van der Waals surface area contributed by atoms with Crippen LogP contribution < -0.4 is 4.74 Å². The van der Waals surface area contributed by atoms with E-state index in [1.54, 1.807) is 31.4 Å². The molecule has 3 fully saturated rings. The first kappa shape index (κ1) is 21.2. The highest BCUT2D eigenvalue weighted by molar-refractivity contribution is 5.89. The molecule has 2 saturated heterocycles. The molecule has 0 amide bonds. The molecule has 2 aliphatic heterocycles. The number of nitriles is 3. The van der Waals surface area contributed by atoms with Crippen LogP contribution in [0, 0.1) is 67.5 Å². The Labute approximate surface area is 182 Å². The van der Waals surface area contributed by atoms with Crippen molar-refractivity contribution in [3.05, 3.63) is 29.8 Å². The third-order valence-corrected chi connectivity index (χ3v) is 7.55. The summed E-state index contributed by atoms with van der Waals surface area (Å²) in [6.07, 6.45) is 0.847. The van der Waals surface area contributed by atoms with Crippen molar-refractivity contribution in [2.75, 3.05) is 7.11 Å². The topological polar surface area (TPSA) is 123 Å². The number of ether oxygens (including phenoxy) is 3. The van der Waals surface area contributed by atoms with E-state index < -0.39 is 28.6 Å². The predicted octanol–water partition coefficient (Wildman–Crippen LogP) is 4.48. The summed E-state index contributed by atoms with van der Waals surface area (Å²) in [6.45, 7) is 6.44. The molecule has 0 radical (unpaired) electrons. The van der Waals surface area contributed by atoms with Gasteiger partial charge in [0.15, 0.2) is 5.41 Å². The Morgan fingerprint density at radius 3 is 2.26 bits per heavy atom. The van der Waals surface area contributed by atoms with E-state index in [0.717, 1.165) is 6.42 Å². The van der Waals surface area contributed by atoms with Crippen LogP contribution in [0.1, 0.15) is 51.7 Å². The first-order chi connectivity index (χ1) is 14.6. The van der Waals surface area contributed by atoms with Crippen LogP contribution in [-0.2, 0) is 9.47 Å². The summed E-state index contributed by atoms with van der Waals surface area (Å²) in [6, 6.07) is 13.4. The quantitative estimate of drug-likeness (QED) is 0.755. The van der Waals surface area contributed by atoms with Gasteiger partial charge in [0.1, 0.15) is 11.9 Å². The van der Waals surface area contributed by atoms with Gasteiger partial charge in [0.2, 0.25) is 17.1 Å². The number of nitrogens with zero attached hydrogens (tertiary/aromatic N) is 3. The zero-order valence-electron chi connectivity index (χ0n) is 18.2. The monoisotopic (exact) mass is 418 g/mol. The molecule has 1 aliphatic carbocycles. The van der Waals surface area contributed by atoms with Crippen LogP contribution in [0.5, 0.6) is 5.75 Å². The molecule has 5 atom stereocenters. The van der Waals surface area contributed by atoms with Crippen molar-refractivity contribution in [1.29, 1.82) is 21.2 Å². The SMILES string of the molecule is COc1ccc(C2OC34CCC(C(C)(C)C)CC3C(C#N)(C(=N)O4)C2(C#N)C#N)cc1. The first-order valence-corrected chi connectivity index (χ1v) is 10.5. The van der Waals surface area contributed by atoms with Crippen molar-refractivity contribution in [2.24, 2.45) is 28.1 Å². The van der Waals surface area contributed by atoms with Crippen molar-refractivity contribution >= 4 is 5.90 Å². The summed E-state index contributed by atoms with van der Waals surface area (Å²) in [5, 5.41) is 39.8. The molecule has 0 aromatic heterocycles. The van der Waals surface area contributed by atoms with E-state index in [1.165, 1.54) is 0 Å². The van der Waals surface area contributed by atoms with E-state index in [2.05, 4.69) is 39.0 Å². The molecule has 5 unspecified atom stereocenters. The highest BCUT2D eigenvalue weighted by atomic mass is 16.7. The largest absolute Gasteiger partial charge is 0.497 e. The van der Waals surface area contributed by atoms with Gasteiger partial charge >= 0.3 is 0 Å². The number of rotatable bonds is 2. The summed E-state index contributed by atoms with van der Waals surface area (Å²) < 4.78 is 17.7. The van der Waals surface area contributed by atoms with Crippen molar-refractivity contribution < 1.29 is 14.2 Å². The van der Waals surface area contributed by atoms with Crippen LogP contribution in [0.4, 0.5) is 0 Å². The lowest BCUT2D eigenvalue weighted by Gasteiger charge is -2.54. The third-order valence-electron chi connectivity index (χ3n) is 7.55.